The Bertz CT molecular complexity index is 1300. The summed E-state index contributed by atoms with van der Waals surface area (Å²) in [5, 5.41) is 11.4. The van der Waals surface area contributed by atoms with Crippen molar-refractivity contribution in [1.29, 1.82) is 0 Å². The molecule has 142 valence electrons. The van der Waals surface area contributed by atoms with Gasteiger partial charge in [-0.25, -0.2) is 4.98 Å². The number of fused-ring (bicyclic) bond motifs is 2. The van der Waals surface area contributed by atoms with Gasteiger partial charge in [0.15, 0.2) is 0 Å². The monoisotopic (exact) mass is 381 g/mol. The van der Waals surface area contributed by atoms with E-state index in [1.165, 1.54) is 0 Å². The molecule has 2 aromatic carbocycles. The van der Waals surface area contributed by atoms with E-state index < -0.39 is 0 Å². The lowest BCUT2D eigenvalue weighted by atomic mass is 10.1. The molecule has 29 heavy (non-hydrogen) atoms. The van der Waals surface area contributed by atoms with Gasteiger partial charge >= 0.3 is 0 Å². The Morgan fingerprint density at radius 1 is 1.00 bits per heavy atom. The van der Waals surface area contributed by atoms with E-state index in [0.717, 1.165) is 38.6 Å². The Morgan fingerprint density at radius 2 is 1.79 bits per heavy atom. The van der Waals surface area contributed by atoms with E-state index in [0.29, 0.717) is 5.69 Å². The molecule has 0 fully saturated rings. The second kappa shape index (κ2) is 6.91. The van der Waals surface area contributed by atoms with Gasteiger partial charge in [-0.3, -0.25) is 14.9 Å². The van der Waals surface area contributed by atoms with E-state index in [2.05, 4.69) is 31.5 Å². The number of pyridine rings is 1. The summed E-state index contributed by atoms with van der Waals surface area (Å²) < 4.78 is 0. The van der Waals surface area contributed by atoms with Crippen molar-refractivity contribution in [2.75, 3.05) is 0 Å². The summed E-state index contributed by atoms with van der Waals surface area (Å²) in [4.78, 5) is 21.3. The minimum atomic E-state index is -0.179. The highest BCUT2D eigenvalue weighted by Gasteiger charge is 2.16. The fourth-order valence-corrected chi connectivity index (χ4v) is 3.59. The maximum atomic E-state index is 12.7. The van der Waals surface area contributed by atoms with Gasteiger partial charge in [0.1, 0.15) is 5.69 Å². The fraction of sp³-hybridized carbons (Fsp3) is 0.0870. The lowest BCUT2D eigenvalue weighted by molar-refractivity contribution is 0.0935. The number of carbonyl (C=O) groups is 1. The topological polar surface area (TPSA) is 86.5 Å². The number of aromatic nitrogens is 4. The molecular weight excluding hydrogens is 362 g/mol. The van der Waals surface area contributed by atoms with Crippen molar-refractivity contribution in [3.8, 4) is 11.3 Å². The van der Waals surface area contributed by atoms with Gasteiger partial charge in [-0.05, 0) is 42.8 Å². The van der Waals surface area contributed by atoms with Crippen LogP contribution in [0, 0.1) is 0 Å². The summed E-state index contributed by atoms with van der Waals surface area (Å²) in [5.74, 6) is -0.179. The van der Waals surface area contributed by atoms with Gasteiger partial charge in [0.2, 0.25) is 0 Å². The second-order valence-corrected chi connectivity index (χ2v) is 7.06. The van der Waals surface area contributed by atoms with Crippen molar-refractivity contribution in [2.45, 2.75) is 13.0 Å². The molecule has 6 nitrogen and oxygen atoms in total. The molecule has 3 aromatic heterocycles. The number of nitrogens with zero attached hydrogens (tertiary/aromatic N) is 2. The average molecular weight is 381 g/mol. The Morgan fingerprint density at radius 3 is 2.59 bits per heavy atom. The van der Waals surface area contributed by atoms with Crippen molar-refractivity contribution in [2.24, 2.45) is 0 Å². The maximum Gasteiger partial charge on any atom is 0.270 e. The molecule has 0 aliphatic carbocycles. The highest BCUT2D eigenvalue weighted by Crippen LogP contribution is 2.30. The molecule has 0 saturated carbocycles. The van der Waals surface area contributed by atoms with Gasteiger partial charge in [0.25, 0.3) is 5.91 Å². The van der Waals surface area contributed by atoms with E-state index >= 15 is 0 Å². The normalized spacial score (nSPS) is 12.3. The van der Waals surface area contributed by atoms with Crippen molar-refractivity contribution in [3.63, 3.8) is 0 Å². The summed E-state index contributed by atoms with van der Waals surface area (Å²) in [6.45, 7) is 1.97. The smallest absolute Gasteiger partial charge is 0.270 e. The Hall–Kier alpha value is -3.93. The van der Waals surface area contributed by atoms with E-state index in [1.807, 2.05) is 61.5 Å². The summed E-state index contributed by atoms with van der Waals surface area (Å²) in [7, 11) is 0. The largest absolute Gasteiger partial charge is 0.344 e. The minimum Gasteiger partial charge on any atom is -0.344 e. The highest BCUT2D eigenvalue weighted by atomic mass is 16.1. The van der Waals surface area contributed by atoms with E-state index in [9.17, 15) is 4.79 Å². The highest BCUT2D eigenvalue weighted by molar-refractivity contribution is 6.05. The van der Waals surface area contributed by atoms with E-state index in [-0.39, 0.29) is 11.9 Å². The fourth-order valence-electron chi connectivity index (χ4n) is 3.59. The predicted molar refractivity (Wildman–Crippen MR) is 114 cm³/mol. The van der Waals surface area contributed by atoms with Crippen LogP contribution in [0.2, 0.25) is 0 Å². The molecule has 1 atom stereocenters. The average Bonchev–Trinajstić information content (AvgIpc) is 3.36. The lowest BCUT2D eigenvalue weighted by Crippen LogP contribution is -2.26. The molecule has 0 aliphatic rings. The number of H-pyrrole nitrogens is 2. The number of aromatic amines is 2. The maximum absolute atomic E-state index is 12.7. The molecule has 3 N–H and O–H groups in total. The van der Waals surface area contributed by atoms with Crippen LogP contribution >= 0.6 is 0 Å². The SMILES string of the molecule is C[C@@H](NC(=O)c1cc2cc3c(-c4ccncc4)[nH][nH]c3cc2n1)c1ccccc1. The zero-order valence-electron chi connectivity index (χ0n) is 15.8. The van der Waals surface area contributed by atoms with Crippen LogP contribution < -0.4 is 5.32 Å². The summed E-state index contributed by atoms with van der Waals surface area (Å²) in [5.41, 5.74) is 5.22. The number of nitrogens with one attached hydrogen (secondary N) is 3. The molecule has 1 amide bonds. The number of hydrogen-bond donors (Lipinski definition) is 3. The Balaban J connectivity index is 1.48. The van der Waals surface area contributed by atoms with Gasteiger partial charge in [-0.15, -0.1) is 0 Å². The van der Waals surface area contributed by atoms with Crippen LogP contribution in [0.3, 0.4) is 0 Å². The van der Waals surface area contributed by atoms with Crippen molar-refractivity contribution < 1.29 is 4.79 Å². The number of rotatable bonds is 4. The number of benzene rings is 2. The van der Waals surface area contributed by atoms with E-state index in [1.54, 1.807) is 12.4 Å². The van der Waals surface area contributed by atoms with Crippen molar-refractivity contribution >= 4 is 27.7 Å². The van der Waals surface area contributed by atoms with Gasteiger partial charge in [0.05, 0.1) is 22.8 Å². The first-order valence-corrected chi connectivity index (χ1v) is 9.46. The first-order chi connectivity index (χ1) is 14.2. The summed E-state index contributed by atoms with van der Waals surface area (Å²) >= 11 is 0. The van der Waals surface area contributed by atoms with E-state index in [4.69, 9.17) is 0 Å². The van der Waals surface area contributed by atoms with Gasteiger partial charge in [-0.2, -0.15) is 0 Å². The Labute approximate surface area is 167 Å². The van der Waals surface area contributed by atoms with Crippen LogP contribution in [0.4, 0.5) is 0 Å². The zero-order valence-corrected chi connectivity index (χ0v) is 15.8. The third-order valence-electron chi connectivity index (χ3n) is 5.14. The number of hydrogen-bond acceptors (Lipinski definition) is 3. The molecule has 0 unspecified atom stereocenters. The van der Waals surface area contributed by atoms with Crippen LogP contribution in [0.15, 0.2) is 73.1 Å². The lowest BCUT2D eigenvalue weighted by Gasteiger charge is -2.13. The zero-order chi connectivity index (χ0) is 19.8. The van der Waals surface area contributed by atoms with Gasteiger partial charge < -0.3 is 10.4 Å². The van der Waals surface area contributed by atoms with Crippen LogP contribution in [0.25, 0.3) is 33.1 Å². The first-order valence-electron chi connectivity index (χ1n) is 9.46. The van der Waals surface area contributed by atoms with Crippen molar-refractivity contribution in [3.05, 3.63) is 84.3 Å². The summed E-state index contributed by atoms with van der Waals surface area (Å²) in [6, 6.07) is 19.6. The number of amides is 1. The Kier molecular flexibility index (Phi) is 4.09. The van der Waals surface area contributed by atoms with Crippen LogP contribution in [-0.4, -0.2) is 26.1 Å². The molecule has 3 heterocycles. The molecule has 0 aliphatic heterocycles. The third kappa shape index (κ3) is 3.14. The molecule has 5 aromatic rings. The third-order valence-corrected chi connectivity index (χ3v) is 5.14. The molecular formula is C23H19N5O. The van der Waals surface area contributed by atoms with Crippen LogP contribution in [0.5, 0.6) is 0 Å². The standard InChI is InChI=1S/C23H19N5O/c1-14(15-5-3-2-4-6-15)25-23(29)21-12-17-11-18-20(13-19(17)26-21)27-28-22(18)16-7-9-24-10-8-16/h2-14,27-28H,1H3,(H,25,29)/t14-/m1/s1. The summed E-state index contributed by atoms with van der Waals surface area (Å²) in [6.07, 6.45) is 3.53. The first kappa shape index (κ1) is 17.2. The molecule has 0 spiro atoms. The molecule has 5 rings (SSSR count). The molecule has 0 saturated heterocycles. The quantitative estimate of drug-likeness (QED) is 0.425. The molecule has 0 radical (unpaired) electrons. The molecule has 6 heteroatoms. The van der Waals surface area contributed by atoms with Crippen LogP contribution in [0.1, 0.15) is 29.0 Å². The molecule has 0 bridgehead atoms. The predicted octanol–water partition coefficient (Wildman–Crippen LogP) is 4.60. The minimum absolute atomic E-state index is 0.0917. The van der Waals surface area contributed by atoms with Gasteiger partial charge in [-0.1, -0.05) is 30.3 Å². The van der Waals surface area contributed by atoms with Gasteiger partial charge in [0, 0.05) is 28.7 Å². The second-order valence-electron chi connectivity index (χ2n) is 7.06. The van der Waals surface area contributed by atoms with Crippen molar-refractivity contribution in [1.82, 2.24) is 25.5 Å². The number of carbonyl (C=O) groups excluding carboxylic acids is 1. The van der Waals surface area contributed by atoms with Crippen LogP contribution in [-0.2, 0) is 0 Å².